The third kappa shape index (κ3) is 18.3. The number of hydroxylamine groups is 2. The molecule has 9 atom stereocenters. The fourth-order valence-corrected chi connectivity index (χ4v) is 9.71. The molecule has 1 heterocycles. The topological polar surface area (TPSA) is 124 Å². The van der Waals surface area contributed by atoms with Crippen LogP contribution in [0.4, 0.5) is 0 Å². The smallest absolute Gasteiger partial charge is 0.222 e. The van der Waals surface area contributed by atoms with E-state index in [1.165, 1.54) is 90.0 Å². The Kier molecular flexibility index (Phi) is 26.4. The number of aliphatic hydroxyl groups is 2. The second kappa shape index (κ2) is 28.2. The van der Waals surface area contributed by atoms with Crippen LogP contribution in [-0.2, 0) is 19.2 Å². The maximum Gasteiger partial charge on any atom is 0.222 e. The van der Waals surface area contributed by atoms with E-state index in [1.54, 1.807) is 14.1 Å². The molecule has 5 aliphatic rings. The first-order chi connectivity index (χ1) is 25.8. The van der Waals surface area contributed by atoms with E-state index in [0.29, 0.717) is 36.2 Å². The number of carbonyl (C=O) groups excluding carboxylic acids is 2. The zero-order valence-corrected chi connectivity index (χ0v) is 36.9. The van der Waals surface area contributed by atoms with Gasteiger partial charge in [0.15, 0.2) is 0 Å². The molecule has 4 N–H and O–H groups in total. The van der Waals surface area contributed by atoms with Crippen LogP contribution in [0, 0.1) is 52.8 Å². The van der Waals surface area contributed by atoms with Crippen molar-refractivity contribution in [2.45, 2.75) is 150 Å². The fourth-order valence-electron chi connectivity index (χ4n) is 9.71. The average Bonchev–Trinajstić information content (AvgIpc) is 3.66. The molecule has 1 aliphatic heterocycles. The molecule has 4 aliphatic carbocycles. The Balaban J connectivity index is 0.000000442. The van der Waals surface area contributed by atoms with Gasteiger partial charge in [0.05, 0.1) is 18.8 Å². The lowest BCUT2D eigenvalue weighted by molar-refractivity contribution is -0.144. The summed E-state index contributed by atoms with van der Waals surface area (Å²) in [6.07, 6.45) is 21.7. The molecule has 5 fully saturated rings. The van der Waals surface area contributed by atoms with E-state index < -0.39 is 0 Å². The summed E-state index contributed by atoms with van der Waals surface area (Å²) in [5.41, 5.74) is 0.609. The molecule has 10 nitrogen and oxygen atoms in total. The highest BCUT2D eigenvalue weighted by Gasteiger charge is 2.42. The summed E-state index contributed by atoms with van der Waals surface area (Å²) < 4.78 is 6.04. The number of nitrogens with zero attached hydrogens (tertiary/aromatic N) is 2. The highest BCUT2D eigenvalue weighted by atomic mass is 16.7. The molecular formula is C44H88N4O6. The Morgan fingerprint density at radius 2 is 1.63 bits per heavy atom. The molecule has 10 heteroatoms. The van der Waals surface area contributed by atoms with Gasteiger partial charge < -0.3 is 30.5 Å². The lowest BCUT2D eigenvalue weighted by Gasteiger charge is -2.44. The monoisotopic (exact) mass is 769 g/mol. The van der Waals surface area contributed by atoms with E-state index in [0.717, 1.165) is 57.2 Å². The maximum absolute atomic E-state index is 12.1. The van der Waals surface area contributed by atoms with E-state index >= 15 is 0 Å². The largest absolute Gasteiger partial charge is 0.400 e. The van der Waals surface area contributed by atoms with Gasteiger partial charge in [0.25, 0.3) is 0 Å². The number of rotatable bonds is 10. The zero-order valence-electron chi connectivity index (χ0n) is 36.9. The first-order valence-corrected chi connectivity index (χ1v) is 21.8. The summed E-state index contributed by atoms with van der Waals surface area (Å²) >= 11 is 0. The first kappa shape index (κ1) is 50.7. The van der Waals surface area contributed by atoms with Crippen molar-refractivity contribution in [2.24, 2.45) is 52.8 Å². The van der Waals surface area contributed by atoms with Gasteiger partial charge in [0.2, 0.25) is 12.3 Å². The van der Waals surface area contributed by atoms with Gasteiger partial charge in [0.1, 0.15) is 0 Å². The quantitative estimate of drug-likeness (QED) is 0.173. The summed E-state index contributed by atoms with van der Waals surface area (Å²) in [5, 5.41) is 23.9. The van der Waals surface area contributed by atoms with Crippen LogP contribution in [0.25, 0.3) is 0 Å². The fraction of sp³-hybridized carbons (Fsp3) is 0.955. The van der Waals surface area contributed by atoms with Crippen molar-refractivity contribution in [1.82, 2.24) is 20.6 Å². The van der Waals surface area contributed by atoms with Crippen LogP contribution in [0.5, 0.6) is 0 Å². The molecular weight excluding hydrogens is 681 g/mol. The van der Waals surface area contributed by atoms with E-state index in [4.69, 9.17) is 19.5 Å². The van der Waals surface area contributed by atoms with Crippen molar-refractivity contribution >= 4 is 12.3 Å². The number of amides is 2. The molecule has 2 amide bonds. The van der Waals surface area contributed by atoms with E-state index in [2.05, 4.69) is 57.3 Å². The molecule has 0 bridgehead atoms. The van der Waals surface area contributed by atoms with Crippen LogP contribution >= 0.6 is 0 Å². The molecule has 0 spiro atoms. The van der Waals surface area contributed by atoms with E-state index in [1.807, 2.05) is 19.1 Å². The molecule has 54 heavy (non-hydrogen) atoms. The van der Waals surface area contributed by atoms with E-state index in [-0.39, 0.29) is 30.0 Å². The Labute approximate surface area is 332 Å². The second-order valence-corrected chi connectivity index (χ2v) is 18.1. The summed E-state index contributed by atoms with van der Waals surface area (Å²) in [7, 11) is 10.5. The van der Waals surface area contributed by atoms with Crippen molar-refractivity contribution in [3.05, 3.63) is 0 Å². The van der Waals surface area contributed by atoms with Crippen LogP contribution in [0.3, 0.4) is 0 Å². The number of ether oxygens (including phenoxy) is 1. The molecule has 0 aromatic heterocycles. The summed E-state index contributed by atoms with van der Waals surface area (Å²) in [6, 6.07) is 0. The predicted octanol–water partition coefficient (Wildman–Crippen LogP) is 7.17. The number of methoxy groups -OCH3 is 1. The van der Waals surface area contributed by atoms with E-state index in [9.17, 15) is 9.90 Å². The molecule has 5 rings (SSSR count). The molecule has 0 radical (unpaired) electrons. The normalized spacial score (nSPS) is 31.7. The first-order valence-electron chi connectivity index (χ1n) is 21.8. The van der Waals surface area contributed by atoms with Gasteiger partial charge in [-0.15, -0.1) is 0 Å². The molecule has 4 saturated carbocycles. The number of hydrogen-bond acceptors (Lipinski definition) is 8. The Hall–Kier alpha value is -1.30. The summed E-state index contributed by atoms with van der Waals surface area (Å²) in [4.78, 5) is 29.3. The van der Waals surface area contributed by atoms with Crippen molar-refractivity contribution in [2.75, 3.05) is 68.7 Å². The zero-order chi connectivity index (χ0) is 40.7. The van der Waals surface area contributed by atoms with Gasteiger partial charge in [-0.3, -0.25) is 14.4 Å². The van der Waals surface area contributed by atoms with Crippen molar-refractivity contribution < 1.29 is 29.4 Å². The summed E-state index contributed by atoms with van der Waals surface area (Å²) in [6.45, 7) is 15.0. The lowest BCUT2D eigenvalue weighted by atomic mass is 9.65. The third-order valence-corrected chi connectivity index (χ3v) is 13.6. The minimum Gasteiger partial charge on any atom is -0.400 e. The second-order valence-electron chi connectivity index (χ2n) is 18.1. The average molecular weight is 769 g/mol. The van der Waals surface area contributed by atoms with Crippen LogP contribution in [0.1, 0.15) is 137 Å². The maximum atomic E-state index is 12.1. The van der Waals surface area contributed by atoms with Crippen LogP contribution < -0.4 is 10.6 Å². The van der Waals surface area contributed by atoms with Crippen LogP contribution in [-0.4, -0.2) is 113 Å². The summed E-state index contributed by atoms with van der Waals surface area (Å²) in [5.74, 6) is 5.07. The SMILES string of the molecule is CC1CCCC(C)(C)[C@H]1C.CN(C)CCC1CCCCC1.CNC(=O)C1CCCC(C2CCCC(CN3CC([C@H](C)O)CO3)C2OC)C1.CNC=O.CO. The number of nitrogens with one attached hydrogen (secondary N) is 2. The molecule has 1 saturated heterocycles. The van der Waals surface area contributed by atoms with Gasteiger partial charge in [-0.1, -0.05) is 91.9 Å². The van der Waals surface area contributed by atoms with Gasteiger partial charge in [0, 0.05) is 59.2 Å². The predicted molar refractivity (Wildman–Crippen MR) is 223 cm³/mol. The van der Waals surface area contributed by atoms with Gasteiger partial charge in [-0.05, 0) is 101 Å². The van der Waals surface area contributed by atoms with Gasteiger partial charge in [-0.25, -0.2) is 0 Å². The highest BCUT2D eigenvalue weighted by molar-refractivity contribution is 5.78. The number of aliphatic hydroxyl groups excluding tert-OH is 2. The van der Waals surface area contributed by atoms with Crippen molar-refractivity contribution in [3.8, 4) is 0 Å². The molecule has 0 aromatic carbocycles. The molecule has 320 valence electrons. The minimum absolute atomic E-state index is 0.167. The Morgan fingerprint density at radius 1 is 0.981 bits per heavy atom. The lowest BCUT2D eigenvalue weighted by Crippen LogP contribution is -2.45. The number of hydrogen-bond donors (Lipinski definition) is 4. The van der Waals surface area contributed by atoms with Crippen LogP contribution in [0.2, 0.25) is 0 Å². The van der Waals surface area contributed by atoms with Gasteiger partial charge >= 0.3 is 0 Å². The van der Waals surface area contributed by atoms with Gasteiger partial charge in [-0.2, -0.15) is 5.06 Å². The minimum atomic E-state index is -0.323. The number of carbonyl (C=O) groups is 2. The third-order valence-electron chi connectivity index (χ3n) is 13.6. The standard InChI is InChI=1S/C21H38N2O4.C10H21N.C10H20.C2H5NO.CH4O/c1-14(24)18-12-23(27-13-18)11-17-8-5-9-19(20(17)26-3)15-6-4-7-16(10-15)21(25)22-2;1-11(2)9-8-10-6-4-3-5-7-10;1-8-6-5-7-10(3,4)9(8)2;1-3-2-4;1-2/h14-20,24H,4-13H2,1-3H3,(H,22,25);10H,3-9H2,1-2H3;8-9H,5-7H2,1-4H3;2H,1H3,(H,3,4);2H,1H3/t14-,15?,16?,17?,18?,19?,20?;;8?,9-;;/m0.0../s1. The highest BCUT2D eigenvalue weighted by Crippen LogP contribution is 2.44. The Bertz CT molecular complexity index is 961. The van der Waals surface area contributed by atoms with Crippen molar-refractivity contribution in [3.63, 3.8) is 0 Å². The Morgan fingerprint density at radius 3 is 2.15 bits per heavy atom. The van der Waals surface area contributed by atoms with Crippen molar-refractivity contribution in [1.29, 1.82) is 0 Å². The van der Waals surface area contributed by atoms with Crippen LogP contribution in [0.15, 0.2) is 0 Å². The molecule has 0 aromatic rings. The molecule has 7 unspecified atom stereocenters.